The predicted octanol–water partition coefficient (Wildman–Crippen LogP) is 4.38. The molecule has 32 heavy (non-hydrogen) atoms. The molecule has 1 amide bonds. The first kappa shape index (κ1) is 22.3. The van der Waals surface area contributed by atoms with E-state index in [9.17, 15) is 9.59 Å². The minimum atomic E-state index is -0.137. The first-order valence-electron chi connectivity index (χ1n) is 10.4. The Labute approximate surface area is 194 Å². The van der Waals surface area contributed by atoms with E-state index in [0.29, 0.717) is 35.0 Å². The molecule has 1 aromatic carbocycles. The van der Waals surface area contributed by atoms with E-state index in [1.54, 1.807) is 20.6 Å². The van der Waals surface area contributed by atoms with Gasteiger partial charge in [0.2, 0.25) is 5.91 Å². The van der Waals surface area contributed by atoms with Crippen molar-refractivity contribution in [2.75, 3.05) is 11.1 Å². The number of thiophene rings is 1. The maximum Gasteiger partial charge on any atom is 0.280 e. The van der Waals surface area contributed by atoms with Gasteiger partial charge >= 0.3 is 0 Å². The van der Waals surface area contributed by atoms with Crippen molar-refractivity contribution >= 4 is 45.7 Å². The number of nitrogens with one attached hydrogen (secondary N) is 1. The molecule has 9 heteroatoms. The lowest BCUT2D eigenvalue weighted by molar-refractivity contribution is -0.113. The Hall–Kier alpha value is -2.91. The van der Waals surface area contributed by atoms with Crippen LogP contribution in [0, 0.1) is 20.8 Å². The van der Waals surface area contributed by atoms with E-state index in [1.165, 1.54) is 11.8 Å². The highest BCUT2D eigenvalue weighted by Gasteiger charge is 2.19. The summed E-state index contributed by atoms with van der Waals surface area (Å²) in [6.45, 7) is 8.76. The third-order valence-electron chi connectivity index (χ3n) is 5.18. The second-order valence-electron chi connectivity index (χ2n) is 7.62. The van der Waals surface area contributed by atoms with Crippen LogP contribution in [-0.4, -0.2) is 31.0 Å². The summed E-state index contributed by atoms with van der Waals surface area (Å²) < 4.78 is 3.35. The van der Waals surface area contributed by atoms with Crippen LogP contribution in [-0.2, 0) is 17.9 Å². The molecule has 0 fully saturated rings. The largest absolute Gasteiger partial charge is 0.325 e. The molecule has 166 valence electrons. The molecule has 0 aliphatic carbocycles. The fourth-order valence-electron chi connectivity index (χ4n) is 3.51. The van der Waals surface area contributed by atoms with Crippen LogP contribution >= 0.6 is 23.1 Å². The average molecular weight is 468 g/mol. The van der Waals surface area contributed by atoms with Crippen LogP contribution in [0.5, 0.6) is 0 Å². The summed E-state index contributed by atoms with van der Waals surface area (Å²) in [5.41, 5.74) is 4.56. The minimum Gasteiger partial charge on any atom is -0.325 e. The Kier molecular flexibility index (Phi) is 6.48. The molecule has 4 rings (SSSR count). The molecule has 0 saturated carbocycles. The maximum absolute atomic E-state index is 13.4. The fraction of sp³-hybridized carbons (Fsp3) is 0.304. The highest BCUT2D eigenvalue weighted by molar-refractivity contribution is 7.99. The van der Waals surface area contributed by atoms with Crippen LogP contribution in [0.25, 0.3) is 11.0 Å². The van der Waals surface area contributed by atoms with E-state index in [-0.39, 0.29) is 17.2 Å². The molecule has 0 bridgehead atoms. The van der Waals surface area contributed by atoms with Crippen molar-refractivity contribution in [2.45, 2.75) is 45.9 Å². The number of benzene rings is 1. The molecule has 7 nitrogen and oxygen atoms in total. The van der Waals surface area contributed by atoms with Gasteiger partial charge in [-0.1, -0.05) is 30.0 Å². The second kappa shape index (κ2) is 9.30. The molecule has 3 aromatic heterocycles. The van der Waals surface area contributed by atoms with E-state index in [2.05, 4.69) is 10.4 Å². The molecule has 0 aliphatic rings. The number of anilines is 1. The average Bonchev–Trinajstić information content (AvgIpc) is 3.39. The van der Waals surface area contributed by atoms with Crippen molar-refractivity contribution in [2.24, 2.45) is 0 Å². The second-order valence-corrected chi connectivity index (χ2v) is 9.59. The van der Waals surface area contributed by atoms with Gasteiger partial charge in [0.05, 0.1) is 18.0 Å². The highest BCUT2D eigenvalue weighted by Crippen LogP contribution is 2.23. The molecule has 1 N–H and O–H groups in total. The summed E-state index contributed by atoms with van der Waals surface area (Å²) in [5, 5.41) is 9.95. The maximum atomic E-state index is 13.4. The molecule has 0 saturated heterocycles. The van der Waals surface area contributed by atoms with Crippen LogP contribution in [0.2, 0.25) is 0 Å². The molecule has 0 atom stereocenters. The van der Waals surface area contributed by atoms with Crippen molar-refractivity contribution in [1.29, 1.82) is 0 Å². The Balaban J connectivity index is 1.66. The molecular formula is C23H25N5O2S2. The number of amides is 1. The summed E-state index contributed by atoms with van der Waals surface area (Å²) in [6.07, 6.45) is 0. The smallest absolute Gasteiger partial charge is 0.280 e. The lowest BCUT2D eigenvalue weighted by atomic mass is 10.1. The fourth-order valence-corrected chi connectivity index (χ4v) is 5.00. The summed E-state index contributed by atoms with van der Waals surface area (Å²) in [7, 11) is 0. The van der Waals surface area contributed by atoms with Gasteiger partial charge in [-0.3, -0.25) is 18.8 Å². The van der Waals surface area contributed by atoms with E-state index < -0.39 is 0 Å². The van der Waals surface area contributed by atoms with Gasteiger partial charge in [-0.25, -0.2) is 4.98 Å². The summed E-state index contributed by atoms with van der Waals surface area (Å²) in [4.78, 5) is 31.9. The number of carbonyl (C=O) groups is 1. The highest BCUT2D eigenvalue weighted by atomic mass is 32.2. The van der Waals surface area contributed by atoms with Gasteiger partial charge in [0.1, 0.15) is 5.52 Å². The van der Waals surface area contributed by atoms with Crippen molar-refractivity contribution in [3.05, 3.63) is 67.8 Å². The van der Waals surface area contributed by atoms with Crippen LogP contribution in [0.4, 0.5) is 5.69 Å². The Morgan fingerprint density at radius 2 is 2.03 bits per heavy atom. The molecular weight excluding hydrogens is 442 g/mol. The van der Waals surface area contributed by atoms with E-state index in [4.69, 9.17) is 4.98 Å². The van der Waals surface area contributed by atoms with E-state index >= 15 is 0 Å². The third kappa shape index (κ3) is 4.49. The zero-order valence-corrected chi connectivity index (χ0v) is 20.1. The molecule has 0 aliphatic heterocycles. The van der Waals surface area contributed by atoms with Gasteiger partial charge in [-0.05, 0) is 56.3 Å². The minimum absolute atomic E-state index is 0.136. The number of hydrogen-bond acceptors (Lipinski definition) is 6. The molecule has 0 spiro atoms. The quantitative estimate of drug-likeness (QED) is 0.322. The number of rotatable bonds is 7. The first-order chi connectivity index (χ1) is 15.4. The number of aromatic nitrogens is 4. The van der Waals surface area contributed by atoms with Gasteiger partial charge in [-0.2, -0.15) is 5.10 Å². The Morgan fingerprint density at radius 1 is 1.22 bits per heavy atom. The SMILES string of the molecule is CCn1nc(C)c2nc(SCC(=O)Nc3cc(C)ccc3C)n(Cc3cccs3)c(=O)c21. The lowest BCUT2D eigenvalue weighted by Gasteiger charge is -2.13. The molecule has 4 aromatic rings. The number of nitrogens with zero attached hydrogens (tertiary/aromatic N) is 4. The van der Waals surface area contributed by atoms with Crippen LogP contribution < -0.4 is 10.9 Å². The van der Waals surface area contributed by atoms with Crippen molar-refractivity contribution in [3.8, 4) is 0 Å². The zero-order chi connectivity index (χ0) is 22.8. The van der Waals surface area contributed by atoms with Gasteiger partial charge in [0.15, 0.2) is 10.7 Å². The summed E-state index contributed by atoms with van der Waals surface area (Å²) in [6, 6.07) is 9.91. The third-order valence-corrected chi connectivity index (χ3v) is 7.01. The van der Waals surface area contributed by atoms with E-state index in [0.717, 1.165) is 21.7 Å². The van der Waals surface area contributed by atoms with Crippen LogP contribution in [0.1, 0.15) is 28.6 Å². The van der Waals surface area contributed by atoms with Gasteiger partial charge in [0.25, 0.3) is 5.56 Å². The van der Waals surface area contributed by atoms with Gasteiger partial charge in [-0.15, -0.1) is 11.3 Å². The zero-order valence-electron chi connectivity index (χ0n) is 18.5. The van der Waals surface area contributed by atoms with Gasteiger partial charge in [0, 0.05) is 17.1 Å². The number of thioether (sulfide) groups is 1. The molecule has 3 heterocycles. The number of hydrogen-bond donors (Lipinski definition) is 1. The number of aryl methyl sites for hydroxylation is 4. The number of fused-ring (bicyclic) bond motifs is 1. The van der Waals surface area contributed by atoms with Crippen molar-refractivity contribution < 1.29 is 4.79 Å². The standard InChI is InChI=1S/C23H25N5O2S2/c1-5-28-21-20(16(4)26-28)25-23(27(22(21)30)12-17-7-6-10-31-17)32-13-19(29)24-18-11-14(2)8-9-15(18)3/h6-11H,5,12-13H2,1-4H3,(H,24,29). The summed E-state index contributed by atoms with van der Waals surface area (Å²) >= 11 is 2.85. The molecule has 0 radical (unpaired) electrons. The van der Waals surface area contributed by atoms with Crippen LogP contribution in [0.3, 0.4) is 0 Å². The molecule has 0 unspecified atom stereocenters. The Morgan fingerprint density at radius 3 is 2.75 bits per heavy atom. The van der Waals surface area contributed by atoms with Crippen molar-refractivity contribution in [1.82, 2.24) is 19.3 Å². The summed E-state index contributed by atoms with van der Waals surface area (Å²) in [5.74, 6) is 0.0122. The Bertz CT molecular complexity index is 1340. The van der Waals surface area contributed by atoms with Gasteiger partial charge < -0.3 is 5.32 Å². The number of carbonyl (C=O) groups excluding carboxylic acids is 1. The van der Waals surface area contributed by atoms with Crippen molar-refractivity contribution in [3.63, 3.8) is 0 Å². The topological polar surface area (TPSA) is 81.8 Å². The normalized spacial score (nSPS) is 11.2. The lowest BCUT2D eigenvalue weighted by Crippen LogP contribution is -2.26. The first-order valence-corrected chi connectivity index (χ1v) is 12.2. The predicted molar refractivity (Wildman–Crippen MR) is 131 cm³/mol. The van der Waals surface area contributed by atoms with E-state index in [1.807, 2.05) is 63.4 Å². The van der Waals surface area contributed by atoms with Crippen LogP contribution in [0.15, 0.2) is 45.7 Å². The monoisotopic (exact) mass is 467 g/mol.